The number of fused-ring (bicyclic) bond motifs is 2. The minimum atomic E-state index is -0.0822. The molecule has 3 nitrogen and oxygen atoms in total. The summed E-state index contributed by atoms with van der Waals surface area (Å²) in [5, 5.41) is 0. The Hall–Kier alpha value is -0.570. The molecule has 0 unspecified atom stereocenters. The van der Waals surface area contributed by atoms with Crippen LogP contribution in [0.25, 0.3) is 0 Å². The molecule has 0 aromatic rings. The monoisotopic (exact) mass is 265 g/mol. The third-order valence-corrected chi connectivity index (χ3v) is 5.49. The highest BCUT2D eigenvalue weighted by molar-refractivity contribution is 5.66. The molecular formula is C16H27NO2. The first-order chi connectivity index (χ1) is 9.25. The Balaban J connectivity index is 1.72. The molecule has 3 aliphatic rings. The van der Waals surface area contributed by atoms with E-state index < -0.39 is 0 Å². The van der Waals surface area contributed by atoms with Crippen LogP contribution in [0.1, 0.15) is 58.3 Å². The lowest BCUT2D eigenvalue weighted by Gasteiger charge is -2.50. The fourth-order valence-electron chi connectivity index (χ4n) is 4.69. The lowest BCUT2D eigenvalue weighted by Crippen LogP contribution is -2.54. The molecule has 0 spiro atoms. The smallest absolute Gasteiger partial charge is 0.302 e. The summed E-state index contributed by atoms with van der Waals surface area (Å²) in [7, 11) is 0. The number of carbonyl (C=O) groups is 1. The van der Waals surface area contributed by atoms with Crippen molar-refractivity contribution in [1.82, 2.24) is 4.90 Å². The van der Waals surface area contributed by atoms with E-state index in [1.165, 1.54) is 64.5 Å². The predicted octanol–water partition coefficient (Wildman–Crippen LogP) is 2.98. The van der Waals surface area contributed by atoms with E-state index in [2.05, 4.69) is 4.90 Å². The topological polar surface area (TPSA) is 29.5 Å². The molecule has 4 atom stereocenters. The maximum absolute atomic E-state index is 11.4. The van der Waals surface area contributed by atoms with Gasteiger partial charge in [0.25, 0.3) is 0 Å². The van der Waals surface area contributed by atoms with E-state index in [0.29, 0.717) is 17.9 Å². The van der Waals surface area contributed by atoms with Crippen molar-refractivity contribution in [1.29, 1.82) is 0 Å². The lowest BCUT2D eigenvalue weighted by molar-refractivity contribution is -0.162. The Morgan fingerprint density at radius 1 is 1.00 bits per heavy atom. The first kappa shape index (κ1) is 13.4. The van der Waals surface area contributed by atoms with Crippen molar-refractivity contribution in [3.63, 3.8) is 0 Å². The summed E-state index contributed by atoms with van der Waals surface area (Å²) in [5.41, 5.74) is 0. The number of hydrogen-bond donors (Lipinski definition) is 0. The maximum atomic E-state index is 11.4. The Morgan fingerprint density at radius 3 is 2.53 bits per heavy atom. The minimum absolute atomic E-state index is 0.0822. The van der Waals surface area contributed by atoms with Crippen LogP contribution in [0, 0.1) is 11.8 Å². The summed E-state index contributed by atoms with van der Waals surface area (Å²) in [4.78, 5) is 14.1. The number of ether oxygens (including phenoxy) is 1. The van der Waals surface area contributed by atoms with Crippen LogP contribution in [0.3, 0.4) is 0 Å². The van der Waals surface area contributed by atoms with Gasteiger partial charge in [-0.3, -0.25) is 9.69 Å². The molecule has 3 fully saturated rings. The molecule has 0 aromatic heterocycles. The fourth-order valence-corrected chi connectivity index (χ4v) is 4.69. The van der Waals surface area contributed by atoms with Gasteiger partial charge < -0.3 is 4.74 Å². The zero-order valence-electron chi connectivity index (χ0n) is 12.1. The number of rotatable bonds is 2. The quantitative estimate of drug-likeness (QED) is 0.719. The van der Waals surface area contributed by atoms with Gasteiger partial charge in [0.15, 0.2) is 0 Å². The normalized spacial score (nSPS) is 39.8. The summed E-state index contributed by atoms with van der Waals surface area (Å²) < 4.78 is 5.71. The van der Waals surface area contributed by atoms with Gasteiger partial charge in [-0.2, -0.15) is 0 Å². The van der Waals surface area contributed by atoms with Crippen LogP contribution in [0.15, 0.2) is 0 Å². The molecule has 1 aliphatic heterocycles. The Labute approximate surface area is 116 Å². The van der Waals surface area contributed by atoms with Gasteiger partial charge in [-0.1, -0.05) is 12.8 Å². The Kier molecular flexibility index (Phi) is 4.11. The van der Waals surface area contributed by atoms with Gasteiger partial charge in [0, 0.05) is 18.9 Å². The van der Waals surface area contributed by atoms with Crippen LogP contribution in [-0.2, 0) is 9.53 Å². The SMILES string of the molecule is CC(=O)O[C@H]1[C@H]2CCC[C@@H]1[C@H](N1CCCCC1)CC2. The minimum Gasteiger partial charge on any atom is -0.462 e. The number of likely N-dealkylation sites (tertiary alicyclic amines) is 1. The molecule has 0 aromatic carbocycles. The van der Waals surface area contributed by atoms with E-state index in [0.717, 1.165) is 0 Å². The molecule has 19 heavy (non-hydrogen) atoms. The average Bonchev–Trinajstić information content (AvgIpc) is 2.39. The third-order valence-electron chi connectivity index (χ3n) is 5.49. The largest absolute Gasteiger partial charge is 0.462 e. The van der Waals surface area contributed by atoms with Crippen molar-refractivity contribution in [2.75, 3.05) is 13.1 Å². The van der Waals surface area contributed by atoms with Gasteiger partial charge in [0.2, 0.25) is 0 Å². The molecule has 2 bridgehead atoms. The average molecular weight is 265 g/mol. The van der Waals surface area contributed by atoms with Crippen molar-refractivity contribution in [3.8, 4) is 0 Å². The molecule has 2 aliphatic carbocycles. The number of esters is 1. The van der Waals surface area contributed by atoms with E-state index in [1.807, 2.05) is 0 Å². The Bertz CT molecular complexity index is 325. The number of nitrogens with zero attached hydrogens (tertiary/aromatic N) is 1. The predicted molar refractivity (Wildman–Crippen MR) is 74.8 cm³/mol. The van der Waals surface area contributed by atoms with Crippen LogP contribution in [0.5, 0.6) is 0 Å². The van der Waals surface area contributed by atoms with E-state index in [9.17, 15) is 4.79 Å². The van der Waals surface area contributed by atoms with Crippen molar-refractivity contribution in [2.24, 2.45) is 11.8 Å². The molecule has 2 saturated carbocycles. The summed E-state index contributed by atoms with van der Waals surface area (Å²) in [6.07, 6.45) is 10.8. The van der Waals surface area contributed by atoms with Crippen molar-refractivity contribution in [2.45, 2.75) is 70.4 Å². The highest BCUT2D eigenvalue weighted by atomic mass is 16.5. The molecule has 0 radical (unpaired) electrons. The van der Waals surface area contributed by atoms with Crippen molar-refractivity contribution >= 4 is 5.97 Å². The van der Waals surface area contributed by atoms with E-state index in [-0.39, 0.29) is 12.1 Å². The van der Waals surface area contributed by atoms with Gasteiger partial charge in [-0.05, 0) is 57.5 Å². The van der Waals surface area contributed by atoms with Gasteiger partial charge in [0.05, 0.1) is 0 Å². The zero-order chi connectivity index (χ0) is 13.2. The molecule has 0 N–H and O–H groups in total. The van der Waals surface area contributed by atoms with Gasteiger partial charge in [0.1, 0.15) is 6.10 Å². The number of hydrogen-bond acceptors (Lipinski definition) is 3. The molecule has 3 heteroatoms. The molecular weight excluding hydrogens is 238 g/mol. The third kappa shape index (κ3) is 2.81. The summed E-state index contributed by atoms with van der Waals surface area (Å²) >= 11 is 0. The standard InChI is InChI=1S/C16H27NO2/c1-12(18)19-16-13-6-5-7-14(16)15(9-8-13)17-10-3-2-4-11-17/h13-16H,2-11H2,1H3/t13-,14+,15+,16-/m0/s1. The summed E-state index contributed by atoms with van der Waals surface area (Å²) in [5.74, 6) is 1.17. The van der Waals surface area contributed by atoms with Crippen molar-refractivity contribution in [3.05, 3.63) is 0 Å². The fraction of sp³-hybridized carbons (Fsp3) is 0.938. The lowest BCUT2D eigenvalue weighted by atomic mass is 9.67. The van der Waals surface area contributed by atoms with Gasteiger partial charge >= 0.3 is 5.97 Å². The van der Waals surface area contributed by atoms with Gasteiger partial charge in [-0.15, -0.1) is 0 Å². The van der Waals surface area contributed by atoms with Crippen molar-refractivity contribution < 1.29 is 9.53 Å². The highest BCUT2D eigenvalue weighted by Gasteiger charge is 2.45. The van der Waals surface area contributed by atoms with Gasteiger partial charge in [-0.25, -0.2) is 0 Å². The van der Waals surface area contributed by atoms with Crippen LogP contribution in [0.2, 0.25) is 0 Å². The molecule has 3 rings (SSSR count). The first-order valence-corrected chi connectivity index (χ1v) is 8.17. The molecule has 1 heterocycles. The first-order valence-electron chi connectivity index (χ1n) is 8.17. The molecule has 108 valence electrons. The number of piperidine rings is 1. The Morgan fingerprint density at radius 2 is 1.79 bits per heavy atom. The van der Waals surface area contributed by atoms with Crippen LogP contribution < -0.4 is 0 Å². The van der Waals surface area contributed by atoms with Crippen LogP contribution in [-0.4, -0.2) is 36.1 Å². The van der Waals surface area contributed by atoms with Crippen LogP contribution >= 0.6 is 0 Å². The van der Waals surface area contributed by atoms with E-state index in [1.54, 1.807) is 6.92 Å². The highest BCUT2D eigenvalue weighted by Crippen LogP contribution is 2.44. The van der Waals surface area contributed by atoms with E-state index in [4.69, 9.17) is 4.74 Å². The second-order valence-corrected chi connectivity index (χ2v) is 6.67. The molecule has 0 amide bonds. The summed E-state index contributed by atoms with van der Waals surface area (Å²) in [6, 6.07) is 0.682. The summed E-state index contributed by atoms with van der Waals surface area (Å²) in [6.45, 7) is 4.09. The maximum Gasteiger partial charge on any atom is 0.302 e. The van der Waals surface area contributed by atoms with E-state index >= 15 is 0 Å². The second kappa shape index (κ2) is 5.82. The second-order valence-electron chi connectivity index (χ2n) is 6.67. The van der Waals surface area contributed by atoms with Crippen LogP contribution in [0.4, 0.5) is 0 Å². The zero-order valence-corrected chi connectivity index (χ0v) is 12.1. The molecule has 1 saturated heterocycles. The number of carbonyl (C=O) groups excluding carboxylic acids is 1.